The van der Waals surface area contributed by atoms with Crippen LogP contribution in [-0.4, -0.2) is 50.7 Å². The monoisotopic (exact) mass is 464 g/mol. The van der Waals surface area contributed by atoms with Crippen molar-refractivity contribution >= 4 is 50.4 Å². The van der Waals surface area contributed by atoms with Crippen LogP contribution in [-0.2, 0) is 19.4 Å². The van der Waals surface area contributed by atoms with Crippen molar-refractivity contribution < 1.29 is 27.5 Å². The number of rotatable bonds is 8. The molecule has 0 unspecified atom stereocenters. The highest BCUT2D eigenvalue weighted by molar-refractivity contribution is 7.92. The number of ketones is 1. The topological polar surface area (TPSA) is 110 Å². The Hall–Kier alpha value is -2.91. The van der Waals surface area contributed by atoms with E-state index in [1.54, 1.807) is 12.1 Å². The molecule has 0 aromatic heterocycles. The van der Waals surface area contributed by atoms with Gasteiger partial charge in [0.25, 0.3) is 5.91 Å². The average Bonchev–Trinajstić information content (AvgIpc) is 2.70. The molecule has 0 spiro atoms. The van der Waals surface area contributed by atoms with Crippen molar-refractivity contribution in [2.45, 2.75) is 13.3 Å². The van der Waals surface area contributed by atoms with E-state index < -0.39 is 33.0 Å². The molecule has 1 aliphatic rings. The third-order valence-electron chi connectivity index (χ3n) is 4.50. The molecule has 0 aliphatic carbocycles. The van der Waals surface area contributed by atoms with Crippen molar-refractivity contribution in [3.63, 3.8) is 0 Å². The van der Waals surface area contributed by atoms with Gasteiger partial charge in [0.15, 0.2) is 22.2 Å². The molecule has 1 heterocycles. The van der Waals surface area contributed by atoms with Crippen molar-refractivity contribution in [2.75, 3.05) is 34.9 Å². The second-order valence-corrected chi connectivity index (χ2v) is 9.53. The summed E-state index contributed by atoms with van der Waals surface area (Å²) in [5.74, 6) is -2.87. The molecular weight excluding hydrogens is 444 g/mol. The molecule has 164 valence electrons. The molecule has 3 rings (SSSR count). The summed E-state index contributed by atoms with van der Waals surface area (Å²) in [6.45, 7) is 2.28. The quantitative estimate of drug-likeness (QED) is 0.601. The molecule has 2 aromatic rings. The predicted molar refractivity (Wildman–Crippen MR) is 118 cm³/mol. The third-order valence-corrected chi connectivity index (χ3v) is 6.16. The first-order chi connectivity index (χ1) is 14.7. The van der Waals surface area contributed by atoms with Gasteiger partial charge in [-0.2, -0.15) is 0 Å². The molecule has 2 aromatic carbocycles. The fourth-order valence-electron chi connectivity index (χ4n) is 3.11. The van der Waals surface area contributed by atoms with Gasteiger partial charge in [-0.1, -0.05) is 18.5 Å². The molecule has 0 bridgehead atoms. The summed E-state index contributed by atoms with van der Waals surface area (Å²) in [6, 6.07) is 10.6. The zero-order valence-corrected chi connectivity index (χ0v) is 18.3. The molecular formula is C21H21ClN2O6S. The summed E-state index contributed by atoms with van der Waals surface area (Å²) < 4.78 is 30.2. The van der Waals surface area contributed by atoms with Gasteiger partial charge in [-0.05, 0) is 48.9 Å². The van der Waals surface area contributed by atoms with E-state index in [1.165, 1.54) is 35.2 Å². The Morgan fingerprint density at radius 3 is 2.52 bits per heavy atom. The van der Waals surface area contributed by atoms with E-state index in [0.29, 0.717) is 35.1 Å². The van der Waals surface area contributed by atoms with Crippen LogP contribution >= 0.6 is 11.6 Å². The number of sulfone groups is 1. The number of halogens is 1. The minimum absolute atomic E-state index is 0.0859. The van der Waals surface area contributed by atoms with Crippen molar-refractivity contribution in [1.82, 2.24) is 0 Å². The number of carbonyl (C=O) groups excluding carboxylic acids is 3. The molecule has 8 nitrogen and oxygen atoms in total. The van der Waals surface area contributed by atoms with Crippen LogP contribution in [0.1, 0.15) is 23.7 Å². The molecule has 10 heteroatoms. The number of amides is 2. The maximum atomic E-state index is 12.6. The molecule has 0 saturated carbocycles. The molecule has 0 saturated heterocycles. The lowest BCUT2D eigenvalue weighted by Crippen LogP contribution is -2.39. The van der Waals surface area contributed by atoms with Crippen LogP contribution in [0.4, 0.5) is 11.4 Å². The minimum Gasteiger partial charge on any atom is -0.482 e. The Morgan fingerprint density at radius 1 is 1.13 bits per heavy atom. The number of hydrogen-bond donors (Lipinski definition) is 1. The number of anilines is 2. The highest BCUT2D eigenvalue weighted by Crippen LogP contribution is 2.33. The molecule has 1 N–H and O–H groups in total. The predicted octanol–water partition coefficient (Wildman–Crippen LogP) is 2.71. The number of Topliss-reactive ketones (excluding diaryl/α,β-unsaturated/α-hetero) is 1. The van der Waals surface area contributed by atoms with E-state index in [-0.39, 0.29) is 18.1 Å². The average molecular weight is 465 g/mol. The SMILES string of the molecule is CCCN1C(=O)COc2ccc(C(=O)CS(=O)(=O)CC(=O)Nc3ccc(Cl)cc3)cc21. The van der Waals surface area contributed by atoms with Crippen LogP contribution in [0.25, 0.3) is 0 Å². The number of carbonyl (C=O) groups is 3. The highest BCUT2D eigenvalue weighted by atomic mass is 35.5. The van der Waals surface area contributed by atoms with Gasteiger partial charge in [-0.25, -0.2) is 8.42 Å². The largest absolute Gasteiger partial charge is 0.482 e. The van der Waals surface area contributed by atoms with Crippen LogP contribution in [0.3, 0.4) is 0 Å². The number of ether oxygens (including phenoxy) is 1. The third kappa shape index (κ3) is 5.83. The maximum absolute atomic E-state index is 12.6. The number of hydrogen-bond acceptors (Lipinski definition) is 6. The highest BCUT2D eigenvalue weighted by Gasteiger charge is 2.27. The summed E-state index contributed by atoms with van der Waals surface area (Å²) in [5.41, 5.74) is 0.952. The Balaban J connectivity index is 1.69. The van der Waals surface area contributed by atoms with Crippen LogP contribution in [0.2, 0.25) is 5.02 Å². The van der Waals surface area contributed by atoms with E-state index >= 15 is 0 Å². The Morgan fingerprint density at radius 2 is 1.84 bits per heavy atom. The minimum atomic E-state index is -4.01. The van der Waals surface area contributed by atoms with Gasteiger partial charge < -0.3 is 15.0 Å². The fourth-order valence-corrected chi connectivity index (χ4v) is 4.37. The van der Waals surface area contributed by atoms with Gasteiger partial charge >= 0.3 is 0 Å². The number of nitrogens with zero attached hydrogens (tertiary/aromatic N) is 1. The van der Waals surface area contributed by atoms with Gasteiger partial charge in [-0.15, -0.1) is 0 Å². The molecule has 1 aliphatic heterocycles. The lowest BCUT2D eigenvalue weighted by molar-refractivity contribution is -0.121. The van der Waals surface area contributed by atoms with Gasteiger partial charge in [0.05, 0.1) is 5.69 Å². The Bertz CT molecular complexity index is 1120. The molecule has 31 heavy (non-hydrogen) atoms. The van der Waals surface area contributed by atoms with Gasteiger partial charge in [0, 0.05) is 22.8 Å². The van der Waals surface area contributed by atoms with E-state index in [0.717, 1.165) is 0 Å². The summed E-state index contributed by atoms with van der Waals surface area (Å²) >= 11 is 5.77. The number of fused-ring (bicyclic) bond motifs is 1. The van der Waals surface area contributed by atoms with E-state index in [2.05, 4.69) is 5.32 Å². The van der Waals surface area contributed by atoms with Crippen LogP contribution in [0.5, 0.6) is 5.75 Å². The summed E-state index contributed by atoms with van der Waals surface area (Å²) in [4.78, 5) is 38.3. The second-order valence-electron chi connectivity index (χ2n) is 7.03. The van der Waals surface area contributed by atoms with Gasteiger partial charge in [-0.3, -0.25) is 14.4 Å². The normalized spacial score (nSPS) is 13.4. The number of nitrogens with one attached hydrogen (secondary N) is 1. The zero-order chi connectivity index (χ0) is 22.6. The smallest absolute Gasteiger partial charge is 0.265 e. The standard InChI is InChI=1S/C21H21ClN2O6S/c1-2-9-24-17-10-14(3-8-19(17)30-11-21(24)27)18(25)12-31(28,29)13-20(26)23-16-6-4-15(22)5-7-16/h3-8,10H,2,9,11-13H2,1H3,(H,23,26). The first-order valence-electron chi connectivity index (χ1n) is 9.55. The Labute approximate surface area is 185 Å². The first-order valence-corrected chi connectivity index (χ1v) is 11.7. The van der Waals surface area contributed by atoms with Crippen molar-refractivity contribution in [3.05, 3.63) is 53.1 Å². The zero-order valence-electron chi connectivity index (χ0n) is 16.8. The second kappa shape index (κ2) is 9.49. The molecule has 2 amide bonds. The summed E-state index contributed by atoms with van der Waals surface area (Å²) in [7, 11) is -4.01. The maximum Gasteiger partial charge on any atom is 0.265 e. The molecule has 0 radical (unpaired) electrons. The molecule has 0 fully saturated rings. The lowest BCUT2D eigenvalue weighted by Gasteiger charge is -2.29. The summed E-state index contributed by atoms with van der Waals surface area (Å²) in [5, 5.41) is 2.93. The van der Waals surface area contributed by atoms with Crippen molar-refractivity contribution in [3.8, 4) is 5.75 Å². The Kier molecular flexibility index (Phi) is 6.97. The van der Waals surface area contributed by atoms with Crippen molar-refractivity contribution in [1.29, 1.82) is 0 Å². The van der Waals surface area contributed by atoms with Crippen LogP contribution < -0.4 is 15.0 Å². The van der Waals surface area contributed by atoms with E-state index in [4.69, 9.17) is 16.3 Å². The summed E-state index contributed by atoms with van der Waals surface area (Å²) in [6.07, 6.45) is 0.709. The van der Waals surface area contributed by atoms with Crippen LogP contribution in [0, 0.1) is 0 Å². The molecule has 0 atom stereocenters. The fraction of sp³-hybridized carbons (Fsp3) is 0.286. The van der Waals surface area contributed by atoms with E-state index in [9.17, 15) is 22.8 Å². The first kappa shape index (κ1) is 22.8. The number of benzene rings is 2. The van der Waals surface area contributed by atoms with Crippen molar-refractivity contribution in [2.24, 2.45) is 0 Å². The van der Waals surface area contributed by atoms with E-state index in [1.807, 2.05) is 6.92 Å². The van der Waals surface area contributed by atoms with Gasteiger partial charge in [0.1, 0.15) is 17.3 Å². The van der Waals surface area contributed by atoms with Crippen LogP contribution in [0.15, 0.2) is 42.5 Å². The van der Waals surface area contributed by atoms with Gasteiger partial charge in [0.2, 0.25) is 5.91 Å². The lowest BCUT2D eigenvalue weighted by atomic mass is 10.1.